The van der Waals surface area contributed by atoms with Gasteiger partial charge in [0.1, 0.15) is 11.6 Å². The van der Waals surface area contributed by atoms with Gasteiger partial charge in [0.15, 0.2) is 5.82 Å². The molecule has 0 spiro atoms. The van der Waals surface area contributed by atoms with E-state index in [1.54, 1.807) is 0 Å². The van der Waals surface area contributed by atoms with Gasteiger partial charge in [-0.05, 0) is 24.6 Å². The van der Waals surface area contributed by atoms with Crippen molar-refractivity contribution in [3.05, 3.63) is 29.3 Å². The van der Waals surface area contributed by atoms with Gasteiger partial charge in [0, 0.05) is 11.9 Å². The van der Waals surface area contributed by atoms with Crippen LogP contribution in [0.3, 0.4) is 0 Å². The molecule has 25 heavy (non-hydrogen) atoms. The Hall–Kier alpha value is -1.98. The van der Waals surface area contributed by atoms with Crippen molar-refractivity contribution in [2.75, 3.05) is 5.75 Å². The molecule has 0 amide bonds. The van der Waals surface area contributed by atoms with Crippen molar-refractivity contribution in [2.24, 2.45) is 7.05 Å². The summed E-state index contributed by atoms with van der Waals surface area (Å²) < 4.78 is 102. The topological polar surface area (TPSA) is 47.8 Å². The van der Waals surface area contributed by atoms with Crippen molar-refractivity contribution in [2.45, 2.75) is 24.2 Å². The molecular weight excluding hydrogens is 379 g/mol. The van der Waals surface area contributed by atoms with Gasteiger partial charge >= 0.3 is 12.4 Å². The first-order chi connectivity index (χ1) is 11.3. The number of nitrogens with zero attached hydrogens (tertiary/aromatic N) is 3. The Morgan fingerprint density at radius 2 is 1.76 bits per heavy atom. The maximum atomic E-state index is 14.1. The Morgan fingerprint density at radius 1 is 1.16 bits per heavy atom. The summed E-state index contributed by atoms with van der Waals surface area (Å²) in [6, 6.07) is 1.56. The largest absolute Gasteiger partial charge is 0.451 e. The third kappa shape index (κ3) is 4.35. The van der Waals surface area contributed by atoms with Crippen LogP contribution in [0, 0.1) is 12.7 Å². The summed E-state index contributed by atoms with van der Waals surface area (Å²) in [7, 11) is -1.61. The first-order valence-electron chi connectivity index (χ1n) is 6.53. The van der Waals surface area contributed by atoms with Gasteiger partial charge in [-0.25, -0.2) is 14.1 Å². The summed E-state index contributed by atoms with van der Waals surface area (Å²) in [6.45, 7) is 1.24. The Labute approximate surface area is 139 Å². The van der Waals surface area contributed by atoms with E-state index in [0.29, 0.717) is 4.68 Å². The Balaban J connectivity index is 2.53. The highest BCUT2D eigenvalue weighted by Crippen LogP contribution is 2.32. The average Bonchev–Trinajstić information content (AvgIpc) is 2.78. The highest BCUT2D eigenvalue weighted by atomic mass is 32.2. The zero-order valence-electron chi connectivity index (χ0n) is 12.7. The van der Waals surface area contributed by atoms with Gasteiger partial charge in [-0.2, -0.15) is 31.4 Å². The molecule has 2 rings (SSSR count). The lowest BCUT2D eigenvalue weighted by molar-refractivity contribution is -0.147. The van der Waals surface area contributed by atoms with Crippen LogP contribution in [-0.2, 0) is 24.0 Å². The minimum Gasteiger partial charge on any atom is -0.254 e. The van der Waals surface area contributed by atoms with E-state index >= 15 is 0 Å². The van der Waals surface area contributed by atoms with Crippen molar-refractivity contribution in [1.82, 2.24) is 14.8 Å². The highest BCUT2D eigenvalue weighted by Gasteiger charge is 2.38. The van der Waals surface area contributed by atoms with Crippen LogP contribution in [0.25, 0.3) is 11.4 Å². The molecule has 1 aromatic heterocycles. The first kappa shape index (κ1) is 19.3. The summed E-state index contributed by atoms with van der Waals surface area (Å²) in [6.07, 6.45) is -9.57. The molecule has 4 nitrogen and oxygen atoms in total. The number of rotatable bonds is 3. The number of aryl methyl sites for hydroxylation is 2. The van der Waals surface area contributed by atoms with Crippen molar-refractivity contribution in [3.63, 3.8) is 0 Å². The zero-order valence-corrected chi connectivity index (χ0v) is 13.5. The minimum atomic E-state index is -4.84. The summed E-state index contributed by atoms with van der Waals surface area (Å²) in [5.74, 6) is -4.77. The molecule has 1 heterocycles. The molecule has 0 aliphatic heterocycles. The predicted octanol–water partition coefficient (Wildman–Crippen LogP) is 3.62. The molecule has 138 valence electrons. The Bertz CT molecular complexity index is 826. The number of halogens is 7. The van der Waals surface area contributed by atoms with E-state index in [1.165, 1.54) is 6.92 Å². The normalized spacial score (nSPS) is 14.0. The molecule has 0 N–H and O–H groups in total. The molecule has 0 saturated carbocycles. The second-order valence-corrected chi connectivity index (χ2v) is 6.50. The van der Waals surface area contributed by atoms with Crippen LogP contribution in [0.4, 0.5) is 30.7 Å². The van der Waals surface area contributed by atoms with E-state index in [1.807, 2.05) is 0 Å². The second-order valence-electron chi connectivity index (χ2n) is 5.08. The van der Waals surface area contributed by atoms with Gasteiger partial charge in [0.25, 0.3) is 0 Å². The smallest absolute Gasteiger partial charge is 0.254 e. The van der Waals surface area contributed by atoms with E-state index in [-0.39, 0.29) is 10.5 Å². The molecule has 1 unspecified atom stereocenters. The molecule has 0 aliphatic carbocycles. The molecule has 0 aliphatic rings. The van der Waals surface area contributed by atoms with Crippen LogP contribution >= 0.6 is 0 Å². The zero-order chi connectivity index (χ0) is 19.2. The summed E-state index contributed by atoms with van der Waals surface area (Å²) in [5, 5.41) is 3.44. The van der Waals surface area contributed by atoms with Gasteiger partial charge in [0.2, 0.25) is 5.82 Å². The standard InChI is InChI=1S/C13H10F7N3OS/c1-6-3-8(14)7(4-9(6)25(24)5-12(15,16)17)10-21-11(13(18,19)20)23(2)22-10/h3-4H,5H2,1-2H3. The van der Waals surface area contributed by atoms with Gasteiger partial charge < -0.3 is 0 Å². The minimum absolute atomic E-state index is 0.0317. The van der Waals surface area contributed by atoms with Gasteiger partial charge in [-0.15, -0.1) is 0 Å². The van der Waals surface area contributed by atoms with Crippen LogP contribution in [0.5, 0.6) is 0 Å². The van der Waals surface area contributed by atoms with E-state index in [9.17, 15) is 34.9 Å². The molecule has 12 heteroatoms. The van der Waals surface area contributed by atoms with Crippen molar-refractivity contribution in [3.8, 4) is 11.4 Å². The quantitative estimate of drug-likeness (QED) is 0.754. The fourth-order valence-electron chi connectivity index (χ4n) is 2.04. The molecule has 0 radical (unpaired) electrons. The van der Waals surface area contributed by atoms with Crippen molar-refractivity contribution < 1.29 is 34.9 Å². The number of benzene rings is 1. The predicted molar refractivity (Wildman–Crippen MR) is 73.5 cm³/mol. The Kier molecular flexibility index (Phi) is 4.94. The van der Waals surface area contributed by atoms with Gasteiger partial charge in [-0.1, -0.05) is 0 Å². The Morgan fingerprint density at radius 3 is 2.24 bits per heavy atom. The van der Waals surface area contributed by atoms with Crippen LogP contribution in [0.2, 0.25) is 0 Å². The lowest BCUT2D eigenvalue weighted by Gasteiger charge is -2.10. The lowest BCUT2D eigenvalue weighted by atomic mass is 10.1. The van der Waals surface area contributed by atoms with Crippen LogP contribution in [-0.4, -0.2) is 30.9 Å². The van der Waals surface area contributed by atoms with E-state index < -0.39 is 51.9 Å². The molecular formula is C13H10F7N3OS. The summed E-state index contributed by atoms with van der Waals surface area (Å²) in [5.41, 5.74) is -0.599. The maximum Gasteiger partial charge on any atom is 0.451 e. The highest BCUT2D eigenvalue weighted by molar-refractivity contribution is 7.85. The van der Waals surface area contributed by atoms with E-state index in [2.05, 4.69) is 10.1 Å². The van der Waals surface area contributed by atoms with Gasteiger partial charge in [-0.3, -0.25) is 4.21 Å². The fraction of sp³-hybridized carbons (Fsp3) is 0.385. The molecule has 0 bridgehead atoms. The van der Waals surface area contributed by atoms with Crippen molar-refractivity contribution >= 4 is 10.8 Å². The maximum absolute atomic E-state index is 14.1. The number of hydrogen-bond acceptors (Lipinski definition) is 3. The third-order valence-corrected chi connectivity index (χ3v) is 4.58. The summed E-state index contributed by atoms with van der Waals surface area (Å²) >= 11 is 0. The second kappa shape index (κ2) is 6.39. The number of alkyl halides is 6. The third-order valence-electron chi connectivity index (χ3n) is 3.06. The first-order valence-corrected chi connectivity index (χ1v) is 7.85. The molecule has 2 aromatic rings. The van der Waals surface area contributed by atoms with Crippen LogP contribution in [0.15, 0.2) is 17.0 Å². The molecule has 1 aromatic carbocycles. The van der Waals surface area contributed by atoms with Crippen LogP contribution < -0.4 is 0 Å². The van der Waals surface area contributed by atoms with Crippen LogP contribution in [0.1, 0.15) is 11.4 Å². The molecule has 0 saturated heterocycles. The number of aromatic nitrogens is 3. The fourth-order valence-corrected chi connectivity index (χ4v) is 3.16. The lowest BCUT2D eigenvalue weighted by Crippen LogP contribution is -2.19. The average molecular weight is 389 g/mol. The SMILES string of the molecule is Cc1cc(F)c(-c2nc(C(F)(F)F)n(C)n2)cc1S(=O)CC(F)(F)F. The monoisotopic (exact) mass is 389 g/mol. The van der Waals surface area contributed by atoms with E-state index in [4.69, 9.17) is 0 Å². The number of hydrogen-bond donors (Lipinski definition) is 0. The van der Waals surface area contributed by atoms with Gasteiger partial charge in [0.05, 0.1) is 16.4 Å². The van der Waals surface area contributed by atoms with E-state index in [0.717, 1.165) is 19.2 Å². The summed E-state index contributed by atoms with van der Waals surface area (Å²) in [4.78, 5) is 2.83. The van der Waals surface area contributed by atoms with Crippen molar-refractivity contribution in [1.29, 1.82) is 0 Å². The molecule has 0 fully saturated rings. The molecule has 1 atom stereocenters.